The van der Waals surface area contributed by atoms with Crippen molar-refractivity contribution in [3.63, 3.8) is 0 Å². The molecule has 0 bridgehead atoms. The number of carbonyl (C=O) groups excluding carboxylic acids is 1. The summed E-state index contributed by atoms with van der Waals surface area (Å²) in [5.41, 5.74) is 0.655. The summed E-state index contributed by atoms with van der Waals surface area (Å²) < 4.78 is 60.0. The molecule has 0 aliphatic carbocycles. The van der Waals surface area contributed by atoms with Gasteiger partial charge in [0.25, 0.3) is 0 Å². The molecule has 158 valence electrons. The molecule has 1 atom stereocenters. The first kappa shape index (κ1) is 22.4. The van der Waals surface area contributed by atoms with Gasteiger partial charge in [-0.25, -0.2) is 8.42 Å². The first-order chi connectivity index (χ1) is 13.1. The number of halogens is 2. The standard InChI is InChI=1S/C18H26F2N2O5S/c1-4-26-16-11-13(8-9-15(16)27-18(19)20)12-21(2)17(23)14-7-5-6-10-22(14)28(3,24)25/h8-9,11,14,18H,4-7,10,12H2,1-3H3/t14-/m0/s1. The Labute approximate surface area is 164 Å². The Morgan fingerprint density at radius 1 is 1.32 bits per heavy atom. The third-order valence-corrected chi connectivity index (χ3v) is 5.77. The molecule has 1 aliphatic rings. The molecule has 0 radical (unpaired) electrons. The van der Waals surface area contributed by atoms with E-state index in [1.54, 1.807) is 26.1 Å². The van der Waals surface area contributed by atoms with Crippen LogP contribution in [-0.2, 0) is 21.4 Å². The van der Waals surface area contributed by atoms with Crippen molar-refractivity contribution in [2.24, 2.45) is 0 Å². The van der Waals surface area contributed by atoms with Crippen LogP contribution in [0.1, 0.15) is 31.7 Å². The molecule has 7 nitrogen and oxygen atoms in total. The number of sulfonamides is 1. The van der Waals surface area contributed by atoms with Crippen LogP contribution in [0, 0.1) is 0 Å². The molecule has 2 rings (SSSR count). The van der Waals surface area contributed by atoms with Gasteiger partial charge in [-0.1, -0.05) is 12.5 Å². The van der Waals surface area contributed by atoms with Crippen molar-refractivity contribution in [2.45, 2.75) is 45.4 Å². The van der Waals surface area contributed by atoms with Crippen LogP contribution in [0.3, 0.4) is 0 Å². The Bertz CT molecular complexity index is 788. The van der Waals surface area contributed by atoms with Crippen LogP contribution < -0.4 is 9.47 Å². The average Bonchev–Trinajstić information content (AvgIpc) is 2.62. The molecule has 0 N–H and O–H groups in total. The molecule has 1 fully saturated rings. The first-order valence-electron chi connectivity index (χ1n) is 9.05. The van der Waals surface area contributed by atoms with E-state index in [0.29, 0.717) is 18.5 Å². The van der Waals surface area contributed by atoms with Gasteiger partial charge in [0, 0.05) is 20.1 Å². The van der Waals surface area contributed by atoms with E-state index in [-0.39, 0.29) is 30.6 Å². The van der Waals surface area contributed by atoms with Crippen LogP contribution in [0.15, 0.2) is 18.2 Å². The molecule has 1 amide bonds. The maximum Gasteiger partial charge on any atom is 0.387 e. The first-order valence-corrected chi connectivity index (χ1v) is 10.9. The summed E-state index contributed by atoms with van der Waals surface area (Å²) in [7, 11) is -1.89. The van der Waals surface area contributed by atoms with Gasteiger partial charge in [0.2, 0.25) is 15.9 Å². The van der Waals surface area contributed by atoms with Gasteiger partial charge in [0.1, 0.15) is 6.04 Å². The van der Waals surface area contributed by atoms with E-state index < -0.39 is 22.7 Å². The predicted molar refractivity (Wildman–Crippen MR) is 99.9 cm³/mol. The molecule has 0 unspecified atom stereocenters. The van der Waals surface area contributed by atoms with Crippen molar-refractivity contribution in [2.75, 3.05) is 26.5 Å². The molecular weight excluding hydrogens is 394 g/mol. The number of nitrogens with zero attached hydrogens (tertiary/aromatic N) is 2. The second kappa shape index (κ2) is 9.51. The van der Waals surface area contributed by atoms with Crippen molar-refractivity contribution in [1.29, 1.82) is 0 Å². The molecule has 1 saturated heterocycles. The molecule has 0 spiro atoms. The lowest BCUT2D eigenvalue weighted by atomic mass is 10.0. The van der Waals surface area contributed by atoms with Crippen molar-refractivity contribution in [1.82, 2.24) is 9.21 Å². The summed E-state index contributed by atoms with van der Waals surface area (Å²) in [6.45, 7) is -0.470. The third kappa shape index (κ3) is 5.78. The van der Waals surface area contributed by atoms with E-state index >= 15 is 0 Å². The molecule has 1 aromatic carbocycles. The summed E-state index contributed by atoms with van der Waals surface area (Å²) in [6, 6.07) is 3.76. The Hall–Kier alpha value is -1.94. The Kier molecular flexibility index (Phi) is 7.59. The zero-order valence-electron chi connectivity index (χ0n) is 16.2. The summed E-state index contributed by atoms with van der Waals surface area (Å²) >= 11 is 0. The monoisotopic (exact) mass is 420 g/mol. The van der Waals surface area contributed by atoms with Gasteiger partial charge in [0.15, 0.2) is 11.5 Å². The fraction of sp³-hybridized carbons (Fsp3) is 0.611. The Balaban J connectivity index is 2.15. The smallest absolute Gasteiger partial charge is 0.387 e. The lowest BCUT2D eigenvalue weighted by Gasteiger charge is -2.35. The van der Waals surface area contributed by atoms with Crippen molar-refractivity contribution >= 4 is 15.9 Å². The van der Waals surface area contributed by atoms with E-state index in [4.69, 9.17) is 4.74 Å². The van der Waals surface area contributed by atoms with Gasteiger partial charge in [-0.3, -0.25) is 4.79 Å². The number of likely N-dealkylation sites (N-methyl/N-ethyl adjacent to an activating group) is 1. The van der Waals surface area contributed by atoms with E-state index in [2.05, 4.69) is 4.74 Å². The highest BCUT2D eigenvalue weighted by molar-refractivity contribution is 7.88. The van der Waals surface area contributed by atoms with Crippen LogP contribution in [0.4, 0.5) is 8.78 Å². The van der Waals surface area contributed by atoms with Crippen molar-refractivity contribution < 1.29 is 31.5 Å². The van der Waals surface area contributed by atoms with E-state index in [0.717, 1.165) is 19.1 Å². The van der Waals surface area contributed by atoms with E-state index in [1.807, 2.05) is 0 Å². The topological polar surface area (TPSA) is 76.2 Å². The largest absolute Gasteiger partial charge is 0.490 e. The number of piperidine rings is 1. The van der Waals surface area contributed by atoms with Gasteiger partial charge in [-0.15, -0.1) is 0 Å². The van der Waals surface area contributed by atoms with Crippen LogP contribution in [0.5, 0.6) is 11.5 Å². The van der Waals surface area contributed by atoms with Crippen LogP contribution in [0.2, 0.25) is 0 Å². The van der Waals surface area contributed by atoms with Gasteiger partial charge in [-0.2, -0.15) is 13.1 Å². The highest BCUT2D eigenvalue weighted by Crippen LogP contribution is 2.30. The Morgan fingerprint density at radius 2 is 2.04 bits per heavy atom. The normalized spacial score (nSPS) is 18.1. The number of rotatable bonds is 8. The number of benzene rings is 1. The van der Waals surface area contributed by atoms with Gasteiger partial charge in [-0.05, 0) is 37.5 Å². The highest BCUT2D eigenvalue weighted by Gasteiger charge is 2.35. The maximum atomic E-state index is 12.8. The third-order valence-electron chi connectivity index (χ3n) is 4.48. The maximum absolute atomic E-state index is 12.8. The molecule has 1 aliphatic heterocycles. The Morgan fingerprint density at radius 3 is 2.64 bits per heavy atom. The molecule has 1 aromatic rings. The number of carbonyl (C=O) groups is 1. The number of hydrogen-bond donors (Lipinski definition) is 0. The van der Waals surface area contributed by atoms with Crippen LogP contribution in [0.25, 0.3) is 0 Å². The van der Waals surface area contributed by atoms with E-state index in [9.17, 15) is 22.0 Å². The molecule has 0 aromatic heterocycles. The quantitative estimate of drug-likeness (QED) is 0.646. The van der Waals surface area contributed by atoms with Gasteiger partial charge < -0.3 is 14.4 Å². The molecule has 0 saturated carbocycles. The summed E-state index contributed by atoms with van der Waals surface area (Å²) in [5.74, 6) is -0.210. The summed E-state index contributed by atoms with van der Waals surface area (Å²) in [5, 5.41) is 0. The molecule has 10 heteroatoms. The fourth-order valence-corrected chi connectivity index (χ4v) is 4.39. The zero-order valence-corrected chi connectivity index (χ0v) is 17.0. The van der Waals surface area contributed by atoms with Crippen LogP contribution in [-0.4, -0.2) is 62.6 Å². The molecule has 1 heterocycles. The van der Waals surface area contributed by atoms with Gasteiger partial charge in [0.05, 0.1) is 12.9 Å². The zero-order chi connectivity index (χ0) is 20.9. The lowest BCUT2D eigenvalue weighted by molar-refractivity contribution is -0.135. The minimum Gasteiger partial charge on any atom is -0.490 e. The van der Waals surface area contributed by atoms with Crippen LogP contribution >= 0.6 is 0 Å². The number of hydrogen-bond acceptors (Lipinski definition) is 5. The SMILES string of the molecule is CCOc1cc(CN(C)C(=O)[C@@H]2CCCCN2S(C)(=O)=O)ccc1OC(F)F. The second-order valence-corrected chi connectivity index (χ2v) is 8.61. The lowest BCUT2D eigenvalue weighted by Crippen LogP contribution is -2.51. The minimum absolute atomic E-state index is 0.0786. The number of alkyl halides is 2. The van der Waals surface area contributed by atoms with E-state index in [1.165, 1.54) is 15.3 Å². The summed E-state index contributed by atoms with van der Waals surface area (Å²) in [4.78, 5) is 14.3. The molecule has 28 heavy (non-hydrogen) atoms. The predicted octanol–water partition coefficient (Wildman–Crippen LogP) is 2.46. The van der Waals surface area contributed by atoms with Crippen molar-refractivity contribution in [3.05, 3.63) is 23.8 Å². The van der Waals surface area contributed by atoms with Crippen molar-refractivity contribution in [3.8, 4) is 11.5 Å². The fourth-order valence-electron chi connectivity index (χ4n) is 3.27. The molecular formula is C18H26F2N2O5S. The van der Waals surface area contributed by atoms with Gasteiger partial charge >= 0.3 is 6.61 Å². The average molecular weight is 420 g/mol. The number of amides is 1. The minimum atomic E-state index is -3.48. The number of ether oxygens (including phenoxy) is 2. The second-order valence-electron chi connectivity index (χ2n) is 6.67. The summed E-state index contributed by atoms with van der Waals surface area (Å²) in [6.07, 6.45) is 3.09. The highest BCUT2D eigenvalue weighted by atomic mass is 32.2.